The quantitative estimate of drug-likeness (QED) is 0.496. The molecular formula is C20H15ClN4O3S. The van der Waals surface area contributed by atoms with E-state index in [1.54, 1.807) is 48.8 Å². The summed E-state index contributed by atoms with van der Waals surface area (Å²) in [4.78, 5) is 8.49. The van der Waals surface area contributed by atoms with Gasteiger partial charge in [-0.05, 0) is 42.0 Å². The van der Waals surface area contributed by atoms with E-state index in [9.17, 15) is 8.42 Å². The van der Waals surface area contributed by atoms with Gasteiger partial charge in [0.1, 0.15) is 0 Å². The lowest BCUT2D eigenvalue weighted by Gasteiger charge is -2.12. The normalized spacial score (nSPS) is 11.3. The summed E-state index contributed by atoms with van der Waals surface area (Å²) in [6, 6.07) is 16.7. The number of halogens is 1. The smallest absolute Gasteiger partial charge is 0.261 e. The molecule has 2 aromatic heterocycles. The molecule has 4 aromatic rings. The Hall–Kier alpha value is -3.23. The van der Waals surface area contributed by atoms with Crippen LogP contribution in [0, 0.1) is 0 Å². The van der Waals surface area contributed by atoms with Gasteiger partial charge in [0, 0.05) is 23.0 Å². The van der Waals surface area contributed by atoms with Crippen molar-refractivity contribution >= 4 is 27.3 Å². The lowest BCUT2D eigenvalue weighted by atomic mass is 10.1. The van der Waals surface area contributed by atoms with Gasteiger partial charge in [-0.2, -0.15) is 4.98 Å². The van der Waals surface area contributed by atoms with E-state index < -0.39 is 10.0 Å². The first-order valence-corrected chi connectivity index (χ1v) is 10.5. The minimum Gasteiger partial charge on any atom is -0.339 e. The van der Waals surface area contributed by atoms with E-state index in [1.807, 2.05) is 12.1 Å². The van der Waals surface area contributed by atoms with Gasteiger partial charge in [-0.15, -0.1) is 0 Å². The Labute approximate surface area is 172 Å². The van der Waals surface area contributed by atoms with Crippen molar-refractivity contribution in [3.63, 3.8) is 0 Å². The highest BCUT2D eigenvalue weighted by Crippen LogP contribution is 2.24. The summed E-state index contributed by atoms with van der Waals surface area (Å²) in [7, 11) is -3.80. The van der Waals surface area contributed by atoms with Crippen LogP contribution in [0.5, 0.6) is 0 Å². The summed E-state index contributed by atoms with van der Waals surface area (Å²) in [6.07, 6.45) is 3.57. The van der Waals surface area contributed by atoms with Gasteiger partial charge in [-0.1, -0.05) is 41.0 Å². The number of rotatable bonds is 6. The van der Waals surface area contributed by atoms with Crippen molar-refractivity contribution in [3.8, 4) is 11.4 Å². The second-order valence-electron chi connectivity index (χ2n) is 6.15. The van der Waals surface area contributed by atoms with E-state index in [0.717, 1.165) is 5.56 Å². The van der Waals surface area contributed by atoms with Crippen molar-refractivity contribution in [1.82, 2.24) is 15.1 Å². The summed E-state index contributed by atoms with van der Waals surface area (Å²) >= 11 is 5.92. The Morgan fingerprint density at radius 1 is 1.03 bits per heavy atom. The van der Waals surface area contributed by atoms with E-state index in [1.165, 1.54) is 12.1 Å². The van der Waals surface area contributed by atoms with Crippen LogP contribution in [0.25, 0.3) is 11.4 Å². The lowest BCUT2D eigenvalue weighted by Crippen LogP contribution is -2.14. The summed E-state index contributed by atoms with van der Waals surface area (Å²) in [5, 5.41) is 4.31. The number of sulfonamides is 1. The third-order valence-electron chi connectivity index (χ3n) is 4.10. The monoisotopic (exact) mass is 426 g/mol. The minimum absolute atomic E-state index is 0.0801. The van der Waals surface area contributed by atoms with E-state index in [-0.39, 0.29) is 11.3 Å². The van der Waals surface area contributed by atoms with Crippen LogP contribution < -0.4 is 4.72 Å². The Kier molecular flexibility index (Phi) is 5.28. The number of benzene rings is 2. The van der Waals surface area contributed by atoms with Crippen LogP contribution in [0.4, 0.5) is 5.69 Å². The summed E-state index contributed by atoms with van der Waals surface area (Å²) in [5.41, 5.74) is 1.85. The molecule has 1 N–H and O–H groups in total. The molecular weight excluding hydrogens is 412 g/mol. The van der Waals surface area contributed by atoms with Crippen molar-refractivity contribution in [2.24, 2.45) is 0 Å². The number of hydrogen-bond donors (Lipinski definition) is 1. The first-order chi connectivity index (χ1) is 14.0. The molecule has 0 bridgehead atoms. The molecule has 29 heavy (non-hydrogen) atoms. The summed E-state index contributed by atoms with van der Waals surface area (Å²) < 4.78 is 33.4. The van der Waals surface area contributed by atoms with Crippen molar-refractivity contribution in [1.29, 1.82) is 0 Å². The molecule has 0 amide bonds. The Balaban J connectivity index is 1.59. The Bertz CT molecular complexity index is 1240. The Morgan fingerprint density at radius 3 is 2.69 bits per heavy atom. The van der Waals surface area contributed by atoms with Crippen molar-refractivity contribution in [2.75, 3.05) is 4.72 Å². The number of pyridine rings is 1. The predicted octanol–water partition coefficient (Wildman–Crippen LogP) is 4.18. The fourth-order valence-electron chi connectivity index (χ4n) is 2.71. The van der Waals surface area contributed by atoms with Gasteiger partial charge in [0.15, 0.2) is 0 Å². The highest BCUT2D eigenvalue weighted by atomic mass is 35.5. The van der Waals surface area contributed by atoms with Gasteiger partial charge in [0.05, 0.1) is 17.0 Å². The van der Waals surface area contributed by atoms with Crippen LogP contribution in [0.1, 0.15) is 11.5 Å². The minimum atomic E-state index is -3.80. The molecule has 0 saturated heterocycles. The van der Waals surface area contributed by atoms with Crippen molar-refractivity contribution in [3.05, 3.63) is 89.5 Å². The third-order valence-corrected chi connectivity index (χ3v) is 5.70. The molecule has 0 aliphatic carbocycles. The largest absolute Gasteiger partial charge is 0.339 e. The maximum atomic E-state index is 12.7. The maximum absolute atomic E-state index is 12.7. The zero-order valence-corrected chi connectivity index (χ0v) is 16.6. The molecule has 146 valence electrons. The summed E-state index contributed by atoms with van der Waals surface area (Å²) in [5.74, 6) is 0.781. The average molecular weight is 427 g/mol. The van der Waals surface area contributed by atoms with Crippen LogP contribution in [0.3, 0.4) is 0 Å². The molecule has 0 unspecified atom stereocenters. The van der Waals surface area contributed by atoms with Gasteiger partial charge >= 0.3 is 0 Å². The molecule has 9 heteroatoms. The second kappa shape index (κ2) is 8.02. The number of aromatic nitrogens is 3. The zero-order valence-electron chi connectivity index (χ0n) is 15.0. The van der Waals surface area contributed by atoms with Crippen LogP contribution in [-0.4, -0.2) is 23.5 Å². The van der Waals surface area contributed by atoms with E-state index >= 15 is 0 Å². The van der Waals surface area contributed by atoms with Crippen LogP contribution >= 0.6 is 11.6 Å². The number of hydrogen-bond acceptors (Lipinski definition) is 6. The van der Waals surface area contributed by atoms with Gasteiger partial charge in [0.2, 0.25) is 11.7 Å². The van der Waals surface area contributed by atoms with Crippen molar-refractivity contribution < 1.29 is 12.9 Å². The molecule has 0 fully saturated rings. The van der Waals surface area contributed by atoms with E-state index in [2.05, 4.69) is 19.8 Å². The molecule has 0 atom stereocenters. The average Bonchev–Trinajstić information content (AvgIpc) is 3.19. The fourth-order valence-corrected chi connectivity index (χ4v) is 4.12. The number of nitrogens with one attached hydrogen (secondary N) is 1. The van der Waals surface area contributed by atoms with E-state index in [0.29, 0.717) is 28.0 Å². The molecule has 0 spiro atoms. The van der Waals surface area contributed by atoms with Gasteiger partial charge in [-0.25, -0.2) is 8.42 Å². The fraction of sp³-hybridized carbons (Fsp3) is 0.0500. The van der Waals surface area contributed by atoms with Crippen LogP contribution in [-0.2, 0) is 16.4 Å². The number of nitrogens with zero attached hydrogens (tertiary/aromatic N) is 3. The highest BCUT2D eigenvalue weighted by molar-refractivity contribution is 7.92. The topological polar surface area (TPSA) is 98.0 Å². The first kappa shape index (κ1) is 19.1. The third kappa shape index (κ3) is 4.44. The standard InChI is InChI=1S/C20H15ClN4O3S/c21-16-7-3-8-17(12-16)29(26,27)25-18-9-2-1-5-14(18)11-19-23-20(24-28-19)15-6-4-10-22-13-15/h1-10,12-13,25H,11H2. The highest BCUT2D eigenvalue weighted by Gasteiger charge is 2.18. The number of para-hydroxylation sites is 1. The van der Waals surface area contributed by atoms with Gasteiger partial charge in [-0.3, -0.25) is 9.71 Å². The molecule has 7 nitrogen and oxygen atoms in total. The van der Waals surface area contributed by atoms with Crippen LogP contribution in [0.2, 0.25) is 5.02 Å². The van der Waals surface area contributed by atoms with Crippen molar-refractivity contribution in [2.45, 2.75) is 11.3 Å². The number of anilines is 1. The molecule has 0 aliphatic rings. The summed E-state index contributed by atoms with van der Waals surface area (Å²) in [6.45, 7) is 0. The molecule has 4 rings (SSSR count). The van der Waals surface area contributed by atoms with Gasteiger partial charge < -0.3 is 4.52 Å². The Morgan fingerprint density at radius 2 is 1.90 bits per heavy atom. The molecule has 0 aliphatic heterocycles. The van der Waals surface area contributed by atoms with Gasteiger partial charge in [0.25, 0.3) is 10.0 Å². The zero-order chi connectivity index (χ0) is 20.3. The second-order valence-corrected chi connectivity index (χ2v) is 8.27. The molecule has 2 heterocycles. The lowest BCUT2D eigenvalue weighted by molar-refractivity contribution is 0.386. The molecule has 2 aromatic carbocycles. The maximum Gasteiger partial charge on any atom is 0.261 e. The molecule has 0 saturated carbocycles. The SMILES string of the molecule is O=S(=O)(Nc1ccccc1Cc1nc(-c2cccnc2)no1)c1cccc(Cl)c1. The predicted molar refractivity (Wildman–Crippen MR) is 109 cm³/mol. The van der Waals surface area contributed by atoms with E-state index in [4.69, 9.17) is 16.1 Å². The van der Waals surface area contributed by atoms with Crippen LogP contribution in [0.15, 0.2) is 82.5 Å². The molecule has 0 radical (unpaired) electrons. The first-order valence-electron chi connectivity index (χ1n) is 8.60.